The molecule has 1 aliphatic rings. The van der Waals surface area contributed by atoms with Crippen molar-refractivity contribution in [3.8, 4) is 0 Å². The van der Waals surface area contributed by atoms with Gasteiger partial charge in [-0.1, -0.05) is 6.07 Å². The molecule has 2 amide bonds. The summed E-state index contributed by atoms with van der Waals surface area (Å²) in [5, 5.41) is 4.50. The Bertz CT molecular complexity index is 781. The van der Waals surface area contributed by atoms with Crippen molar-refractivity contribution in [3.05, 3.63) is 52.8 Å². The molecule has 24 heavy (non-hydrogen) atoms. The summed E-state index contributed by atoms with van der Waals surface area (Å²) in [5.41, 5.74) is 8.26. The number of benzene rings is 1. The van der Waals surface area contributed by atoms with E-state index in [1.807, 2.05) is 29.5 Å². The predicted octanol–water partition coefficient (Wildman–Crippen LogP) is 1.90. The molecule has 0 aliphatic carbocycles. The highest BCUT2D eigenvalue weighted by molar-refractivity contribution is 5.99. The Morgan fingerprint density at radius 2 is 2.00 bits per heavy atom. The molecule has 126 valence electrons. The number of carbonyl (C=O) groups is 2. The second-order valence-corrected chi connectivity index (χ2v) is 6.35. The third-order valence-corrected chi connectivity index (χ3v) is 4.52. The van der Waals surface area contributed by atoms with Crippen molar-refractivity contribution in [3.63, 3.8) is 0 Å². The Balaban J connectivity index is 1.80. The van der Waals surface area contributed by atoms with E-state index in [4.69, 9.17) is 5.73 Å². The summed E-state index contributed by atoms with van der Waals surface area (Å²) in [6, 6.07) is 8.78. The number of primary amides is 1. The summed E-state index contributed by atoms with van der Waals surface area (Å²) < 4.78 is 1.96. The zero-order valence-corrected chi connectivity index (χ0v) is 14.0. The quantitative estimate of drug-likeness (QED) is 0.932. The lowest BCUT2D eigenvalue weighted by Gasteiger charge is -2.25. The highest BCUT2D eigenvalue weighted by Crippen LogP contribution is 2.22. The van der Waals surface area contributed by atoms with Crippen LogP contribution in [0.4, 0.5) is 0 Å². The molecule has 1 atom stereocenters. The molecule has 2 aromatic rings. The minimum Gasteiger partial charge on any atom is -0.366 e. The zero-order chi connectivity index (χ0) is 17.3. The van der Waals surface area contributed by atoms with Crippen LogP contribution in [-0.4, -0.2) is 39.1 Å². The Kier molecular flexibility index (Phi) is 4.38. The second-order valence-electron chi connectivity index (χ2n) is 6.35. The van der Waals surface area contributed by atoms with Crippen LogP contribution in [-0.2, 0) is 6.54 Å². The predicted molar refractivity (Wildman–Crippen MR) is 90.7 cm³/mol. The van der Waals surface area contributed by atoms with Gasteiger partial charge in [0.2, 0.25) is 5.91 Å². The van der Waals surface area contributed by atoms with Gasteiger partial charge in [-0.3, -0.25) is 14.3 Å². The molecule has 0 saturated carbocycles. The first-order valence-electron chi connectivity index (χ1n) is 8.17. The average Bonchev–Trinajstić information content (AvgIpc) is 3.13. The number of rotatable bonds is 4. The number of aryl methyl sites for hydroxylation is 2. The first-order valence-corrected chi connectivity index (χ1v) is 8.17. The molecule has 3 rings (SSSR count). The van der Waals surface area contributed by atoms with Crippen molar-refractivity contribution in [2.75, 3.05) is 6.54 Å². The lowest BCUT2D eigenvalue weighted by Crippen LogP contribution is -2.38. The maximum atomic E-state index is 12.9. The number of nitrogens with zero attached hydrogens (tertiary/aromatic N) is 3. The van der Waals surface area contributed by atoms with Gasteiger partial charge in [-0.15, -0.1) is 0 Å². The molecule has 6 heteroatoms. The van der Waals surface area contributed by atoms with E-state index < -0.39 is 5.91 Å². The van der Waals surface area contributed by atoms with Crippen molar-refractivity contribution < 1.29 is 9.59 Å². The van der Waals surface area contributed by atoms with Crippen LogP contribution in [0.15, 0.2) is 30.3 Å². The number of amides is 2. The van der Waals surface area contributed by atoms with E-state index in [9.17, 15) is 9.59 Å². The summed E-state index contributed by atoms with van der Waals surface area (Å²) in [6.45, 7) is 5.42. The lowest BCUT2D eigenvalue weighted by molar-refractivity contribution is 0.0721. The molecule has 1 aromatic carbocycles. The molecule has 1 fully saturated rings. The molecule has 0 radical (unpaired) electrons. The number of aromatic nitrogens is 2. The summed E-state index contributed by atoms with van der Waals surface area (Å²) in [5.74, 6) is -0.576. The SMILES string of the molecule is Cc1cc(C)n(C[C@H]2CCCN2C(=O)c2cccc(C(N)=O)c2)n1. The minimum absolute atomic E-state index is 0.0536. The Hall–Kier alpha value is -2.63. The molecule has 2 heterocycles. The molecule has 1 saturated heterocycles. The van der Waals surface area contributed by atoms with Gasteiger partial charge in [-0.25, -0.2) is 0 Å². The van der Waals surface area contributed by atoms with E-state index in [1.165, 1.54) is 0 Å². The van der Waals surface area contributed by atoms with E-state index in [2.05, 4.69) is 5.10 Å². The zero-order valence-electron chi connectivity index (χ0n) is 14.0. The molecule has 1 aromatic heterocycles. The fourth-order valence-electron chi connectivity index (χ4n) is 3.32. The van der Waals surface area contributed by atoms with Gasteiger partial charge in [0.1, 0.15) is 0 Å². The standard InChI is InChI=1S/C18H22N4O2/c1-12-9-13(2)22(20-12)11-16-7-4-8-21(16)18(24)15-6-3-5-14(10-15)17(19)23/h3,5-6,9-10,16H,4,7-8,11H2,1-2H3,(H2,19,23)/t16-/m1/s1. The van der Waals surface area contributed by atoms with Crippen LogP contribution in [0.5, 0.6) is 0 Å². The van der Waals surface area contributed by atoms with Crippen molar-refractivity contribution in [1.82, 2.24) is 14.7 Å². The number of carbonyl (C=O) groups excluding carboxylic acids is 2. The first-order chi connectivity index (χ1) is 11.5. The van der Waals surface area contributed by atoms with Crippen LogP contribution in [0, 0.1) is 13.8 Å². The van der Waals surface area contributed by atoms with Gasteiger partial charge < -0.3 is 10.6 Å². The summed E-state index contributed by atoms with van der Waals surface area (Å²) >= 11 is 0. The van der Waals surface area contributed by atoms with E-state index in [1.54, 1.807) is 24.3 Å². The topological polar surface area (TPSA) is 81.2 Å². The number of likely N-dealkylation sites (tertiary alicyclic amines) is 1. The third-order valence-electron chi connectivity index (χ3n) is 4.52. The molecule has 6 nitrogen and oxygen atoms in total. The van der Waals surface area contributed by atoms with Crippen LogP contribution in [0.25, 0.3) is 0 Å². The van der Waals surface area contributed by atoms with Gasteiger partial charge in [-0.2, -0.15) is 5.10 Å². The van der Waals surface area contributed by atoms with Gasteiger partial charge in [0, 0.05) is 23.4 Å². The summed E-state index contributed by atoms with van der Waals surface area (Å²) in [7, 11) is 0. The highest BCUT2D eigenvalue weighted by Gasteiger charge is 2.30. The van der Waals surface area contributed by atoms with Crippen molar-refractivity contribution in [2.24, 2.45) is 5.73 Å². The molecule has 0 bridgehead atoms. The second kappa shape index (κ2) is 6.47. The largest absolute Gasteiger partial charge is 0.366 e. The Labute approximate surface area is 141 Å². The van der Waals surface area contributed by atoms with Crippen molar-refractivity contribution in [2.45, 2.75) is 39.3 Å². The van der Waals surface area contributed by atoms with Gasteiger partial charge >= 0.3 is 0 Å². The monoisotopic (exact) mass is 326 g/mol. The average molecular weight is 326 g/mol. The number of hydrogen-bond donors (Lipinski definition) is 1. The van der Waals surface area contributed by atoms with Gasteiger partial charge in [0.05, 0.1) is 18.3 Å². The molecular weight excluding hydrogens is 304 g/mol. The summed E-state index contributed by atoms with van der Waals surface area (Å²) in [4.78, 5) is 26.1. The van der Waals surface area contributed by atoms with Crippen LogP contribution in [0.3, 0.4) is 0 Å². The van der Waals surface area contributed by atoms with E-state index in [-0.39, 0.29) is 11.9 Å². The van der Waals surface area contributed by atoms with Gasteiger partial charge in [0.25, 0.3) is 5.91 Å². The van der Waals surface area contributed by atoms with Crippen LogP contribution in [0.2, 0.25) is 0 Å². The van der Waals surface area contributed by atoms with Gasteiger partial charge in [-0.05, 0) is 51.0 Å². The Morgan fingerprint density at radius 3 is 2.67 bits per heavy atom. The fraction of sp³-hybridized carbons (Fsp3) is 0.389. The lowest BCUT2D eigenvalue weighted by atomic mass is 10.1. The molecule has 1 aliphatic heterocycles. The van der Waals surface area contributed by atoms with Crippen molar-refractivity contribution >= 4 is 11.8 Å². The minimum atomic E-state index is -0.523. The van der Waals surface area contributed by atoms with Crippen LogP contribution >= 0.6 is 0 Å². The highest BCUT2D eigenvalue weighted by atomic mass is 16.2. The van der Waals surface area contributed by atoms with Crippen LogP contribution < -0.4 is 5.73 Å². The van der Waals surface area contributed by atoms with Crippen molar-refractivity contribution in [1.29, 1.82) is 0 Å². The number of nitrogens with two attached hydrogens (primary N) is 1. The fourth-order valence-corrected chi connectivity index (χ4v) is 3.32. The van der Waals surface area contributed by atoms with E-state index in [0.29, 0.717) is 17.7 Å². The molecular formula is C18H22N4O2. The molecule has 0 unspecified atom stereocenters. The third kappa shape index (κ3) is 3.18. The van der Waals surface area contributed by atoms with Gasteiger partial charge in [0.15, 0.2) is 0 Å². The number of hydrogen-bond acceptors (Lipinski definition) is 3. The van der Waals surface area contributed by atoms with E-state index >= 15 is 0 Å². The first kappa shape index (κ1) is 16.2. The maximum absolute atomic E-state index is 12.9. The molecule has 0 spiro atoms. The summed E-state index contributed by atoms with van der Waals surface area (Å²) in [6.07, 6.45) is 1.94. The molecule has 2 N–H and O–H groups in total. The normalized spacial score (nSPS) is 17.2. The maximum Gasteiger partial charge on any atom is 0.254 e. The van der Waals surface area contributed by atoms with E-state index in [0.717, 1.165) is 30.8 Å². The Morgan fingerprint density at radius 1 is 1.25 bits per heavy atom. The smallest absolute Gasteiger partial charge is 0.254 e. The van der Waals surface area contributed by atoms with Crippen LogP contribution in [0.1, 0.15) is 44.9 Å².